The van der Waals surface area contributed by atoms with Crippen molar-refractivity contribution in [2.75, 3.05) is 13.3 Å². The van der Waals surface area contributed by atoms with E-state index in [2.05, 4.69) is 15.9 Å². The molecule has 0 N–H and O–H groups in total. The molecular formula is C21H20BrF2N3O4. The predicted octanol–water partition coefficient (Wildman–Crippen LogP) is 4.28. The summed E-state index contributed by atoms with van der Waals surface area (Å²) >= 11 is 3.03. The van der Waals surface area contributed by atoms with Crippen molar-refractivity contribution in [3.8, 4) is 5.75 Å². The highest BCUT2D eigenvalue weighted by Crippen LogP contribution is 2.34. The minimum Gasteiger partial charge on any atom is -0.469 e. The molecule has 7 nitrogen and oxygen atoms in total. The Balaban J connectivity index is 1.76. The zero-order valence-corrected chi connectivity index (χ0v) is 18.4. The molecule has 0 unspecified atom stereocenters. The second-order valence-electron chi connectivity index (χ2n) is 7.30. The molecule has 2 aromatic carbocycles. The molecule has 1 aliphatic rings. The molecule has 3 rings (SSSR count). The van der Waals surface area contributed by atoms with Crippen molar-refractivity contribution in [1.29, 1.82) is 0 Å². The van der Waals surface area contributed by atoms with Gasteiger partial charge in [-0.1, -0.05) is 28.1 Å². The van der Waals surface area contributed by atoms with Crippen LogP contribution in [0.25, 0.3) is 0 Å². The van der Waals surface area contributed by atoms with Crippen LogP contribution in [0.1, 0.15) is 19.4 Å². The number of hydrogen-bond donors (Lipinski definition) is 0. The molecule has 31 heavy (non-hydrogen) atoms. The van der Waals surface area contributed by atoms with Crippen molar-refractivity contribution in [3.05, 3.63) is 73.9 Å². The van der Waals surface area contributed by atoms with E-state index >= 15 is 0 Å². The fourth-order valence-corrected chi connectivity index (χ4v) is 3.97. The summed E-state index contributed by atoms with van der Waals surface area (Å²) in [5, 5.41) is 11.3. The summed E-state index contributed by atoms with van der Waals surface area (Å²) < 4.78 is 33.2. The summed E-state index contributed by atoms with van der Waals surface area (Å²) in [7, 11) is 0. The van der Waals surface area contributed by atoms with Crippen molar-refractivity contribution in [1.82, 2.24) is 9.80 Å². The SMILES string of the molecule is C[C@@H]1CN(COc2c(F)cc(Br)cc2[N+](=O)[O-])[C@@H](C)C(=C=O)N1Cc1ccc(F)cc1. The van der Waals surface area contributed by atoms with Crippen molar-refractivity contribution in [3.63, 3.8) is 0 Å². The highest BCUT2D eigenvalue weighted by Gasteiger charge is 2.35. The number of carbonyl (C=O) groups excluding carboxylic acids is 1. The summed E-state index contributed by atoms with van der Waals surface area (Å²) in [4.78, 5) is 25.9. The molecule has 1 heterocycles. The molecule has 0 spiro atoms. The molecule has 0 amide bonds. The molecule has 2 atom stereocenters. The van der Waals surface area contributed by atoms with Gasteiger partial charge in [-0.05, 0) is 37.6 Å². The average Bonchev–Trinajstić information content (AvgIpc) is 2.71. The molecule has 1 fully saturated rings. The summed E-state index contributed by atoms with van der Waals surface area (Å²) in [6.07, 6.45) is 0. The Bertz CT molecular complexity index is 1030. The Labute approximate surface area is 186 Å². The maximum atomic E-state index is 14.3. The topological polar surface area (TPSA) is 75.9 Å². The van der Waals surface area contributed by atoms with Crippen molar-refractivity contribution < 1.29 is 23.2 Å². The fraction of sp³-hybridized carbons (Fsp3) is 0.333. The van der Waals surface area contributed by atoms with Crippen molar-refractivity contribution in [2.24, 2.45) is 0 Å². The third-order valence-corrected chi connectivity index (χ3v) is 5.67. The Kier molecular flexibility index (Phi) is 7.04. The molecule has 1 saturated heterocycles. The van der Waals surface area contributed by atoms with Crippen LogP contribution in [-0.4, -0.2) is 46.0 Å². The van der Waals surface area contributed by atoms with Gasteiger partial charge in [0.15, 0.2) is 5.82 Å². The van der Waals surface area contributed by atoms with Crippen LogP contribution in [0.2, 0.25) is 0 Å². The summed E-state index contributed by atoms with van der Waals surface area (Å²) in [6, 6.07) is 7.72. The number of nitrogens with zero attached hydrogens (tertiary/aromatic N) is 3. The first-order valence-corrected chi connectivity index (χ1v) is 10.3. The lowest BCUT2D eigenvalue weighted by Gasteiger charge is -2.45. The maximum Gasteiger partial charge on any atom is 0.315 e. The van der Waals surface area contributed by atoms with Gasteiger partial charge in [0.25, 0.3) is 0 Å². The normalized spacial score (nSPS) is 19.3. The van der Waals surface area contributed by atoms with Crippen LogP contribution < -0.4 is 4.74 Å². The van der Waals surface area contributed by atoms with E-state index in [9.17, 15) is 23.7 Å². The van der Waals surface area contributed by atoms with E-state index < -0.39 is 28.2 Å². The number of halogens is 3. The number of hydrogen-bond acceptors (Lipinski definition) is 6. The van der Waals surface area contributed by atoms with Crippen molar-refractivity contribution >= 4 is 27.6 Å². The number of nitro benzene ring substituents is 1. The maximum absolute atomic E-state index is 14.3. The average molecular weight is 496 g/mol. The number of nitro groups is 1. The molecule has 0 radical (unpaired) electrons. The lowest BCUT2D eigenvalue weighted by molar-refractivity contribution is -0.386. The van der Waals surface area contributed by atoms with E-state index in [1.807, 2.05) is 17.8 Å². The second kappa shape index (κ2) is 9.55. The first kappa shape index (κ1) is 22.9. The quantitative estimate of drug-likeness (QED) is 0.338. The van der Waals surface area contributed by atoms with Crippen molar-refractivity contribution in [2.45, 2.75) is 32.5 Å². The minimum atomic E-state index is -0.858. The van der Waals surface area contributed by atoms with Gasteiger partial charge >= 0.3 is 5.69 Å². The first-order valence-electron chi connectivity index (χ1n) is 9.47. The summed E-state index contributed by atoms with van der Waals surface area (Å²) in [6.45, 7) is 4.39. The van der Waals surface area contributed by atoms with E-state index in [4.69, 9.17) is 4.74 Å². The Morgan fingerprint density at radius 3 is 2.55 bits per heavy atom. The molecule has 0 saturated carbocycles. The minimum absolute atomic E-state index is 0.133. The van der Waals surface area contributed by atoms with Gasteiger partial charge in [-0.3, -0.25) is 15.0 Å². The highest BCUT2D eigenvalue weighted by atomic mass is 79.9. The van der Waals surface area contributed by atoms with Gasteiger partial charge in [0.05, 0.1) is 11.0 Å². The predicted molar refractivity (Wildman–Crippen MR) is 113 cm³/mol. The lowest BCUT2D eigenvalue weighted by atomic mass is 10.0. The second-order valence-corrected chi connectivity index (χ2v) is 8.22. The lowest BCUT2D eigenvalue weighted by Crippen LogP contribution is -2.55. The van der Waals surface area contributed by atoms with Crippen LogP contribution >= 0.6 is 15.9 Å². The fourth-order valence-electron chi connectivity index (χ4n) is 3.56. The van der Waals surface area contributed by atoms with E-state index in [0.717, 1.165) is 11.6 Å². The van der Waals surface area contributed by atoms with Crippen LogP contribution in [0.5, 0.6) is 5.75 Å². The number of rotatable bonds is 6. The number of ether oxygens (including phenoxy) is 1. The van der Waals surface area contributed by atoms with E-state index in [0.29, 0.717) is 18.8 Å². The number of piperazine rings is 1. The van der Waals surface area contributed by atoms with Gasteiger partial charge in [-0.2, -0.15) is 0 Å². The zero-order chi connectivity index (χ0) is 22.7. The molecule has 10 heteroatoms. The largest absolute Gasteiger partial charge is 0.469 e. The third kappa shape index (κ3) is 5.10. The molecule has 0 aliphatic carbocycles. The molecular weight excluding hydrogens is 476 g/mol. The standard InChI is InChI=1S/C21H20BrF2N3O4/c1-13-9-25(12-31-21-18(24)7-16(22)8-19(21)27(29)30)14(2)20(11-28)26(13)10-15-3-5-17(23)6-4-15/h3-8,13-14H,9-10,12H2,1-2H3/t13-,14+/m1/s1. The Hall–Kier alpha value is -2.81. The molecule has 2 aromatic rings. The third-order valence-electron chi connectivity index (χ3n) is 5.21. The van der Waals surface area contributed by atoms with Crippen LogP contribution in [-0.2, 0) is 11.3 Å². The van der Waals surface area contributed by atoms with Crippen LogP contribution in [0.4, 0.5) is 14.5 Å². The van der Waals surface area contributed by atoms with Gasteiger partial charge in [0.2, 0.25) is 5.75 Å². The monoisotopic (exact) mass is 495 g/mol. The summed E-state index contributed by atoms with van der Waals surface area (Å²) in [5.41, 5.74) is 0.719. The number of benzene rings is 2. The van der Waals surface area contributed by atoms with Gasteiger partial charge in [-0.15, -0.1) is 0 Å². The molecule has 1 aliphatic heterocycles. The van der Waals surface area contributed by atoms with Crippen LogP contribution in [0.15, 0.2) is 46.6 Å². The van der Waals surface area contributed by atoms with Gasteiger partial charge in [0, 0.05) is 29.7 Å². The first-order chi connectivity index (χ1) is 14.7. The van der Waals surface area contributed by atoms with E-state index in [-0.39, 0.29) is 23.1 Å². The van der Waals surface area contributed by atoms with E-state index in [1.54, 1.807) is 24.0 Å². The molecule has 0 aromatic heterocycles. The van der Waals surface area contributed by atoms with Crippen LogP contribution in [0, 0.1) is 21.7 Å². The van der Waals surface area contributed by atoms with E-state index in [1.165, 1.54) is 18.2 Å². The Morgan fingerprint density at radius 1 is 1.26 bits per heavy atom. The van der Waals surface area contributed by atoms with Crippen LogP contribution in [0.3, 0.4) is 0 Å². The highest BCUT2D eigenvalue weighted by molar-refractivity contribution is 9.10. The zero-order valence-electron chi connectivity index (χ0n) is 16.8. The van der Waals surface area contributed by atoms with Gasteiger partial charge in [-0.25, -0.2) is 13.6 Å². The molecule has 0 bridgehead atoms. The van der Waals surface area contributed by atoms with Gasteiger partial charge < -0.3 is 9.64 Å². The Morgan fingerprint density at radius 2 is 1.94 bits per heavy atom. The molecule has 164 valence electrons. The van der Waals surface area contributed by atoms with Gasteiger partial charge in [0.1, 0.15) is 24.2 Å². The smallest absolute Gasteiger partial charge is 0.315 e. The summed E-state index contributed by atoms with van der Waals surface area (Å²) in [5.74, 6) is 0.317.